The van der Waals surface area contributed by atoms with Crippen LogP contribution in [-0.4, -0.2) is 18.5 Å². The van der Waals surface area contributed by atoms with Gasteiger partial charge >= 0.3 is 11.9 Å². The zero-order chi connectivity index (χ0) is 23.4. The summed E-state index contributed by atoms with van der Waals surface area (Å²) < 4.78 is 21.9. The molecule has 2 aromatic carbocycles. The van der Waals surface area contributed by atoms with E-state index in [-0.39, 0.29) is 46.7 Å². The van der Waals surface area contributed by atoms with E-state index in [0.717, 1.165) is 4.88 Å². The number of ether oxygens (including phenoxy) is 3. The van der Waals surface area contributed by atoms with Crippen molar-refractivity contribution in [3.63, 3.8) is 0 Å². The van der Waals surface area contributed by atoms with Crippen molar-refractivity contribution in [2.24, 2.45) is 0 Å². The smallest absolute Gasteiger partial charge is 0.338 e. The standard InChI is InChI=1S/C25H20O7S/c1-3-29-25(28)16-6-8-17(9-7-16)32-24-15(2)30-21-13-18(10-11-20(21)23(24)27)31-22(26)14-19-5-4-12-33-19/h4-13H,3,14H2,1-2H3. The van der Waals surface area contributed by atoms with Gasteiger partial charge in [-0.25, -0.2) is 4.79 Å². The second-order valence-corrected chi connectivity index (χ2v) is 8.08. The summed E-state index contributed by atoms with van der Waals surface area (Å²) in [4.78, 5) is 37.8. The Morgan fingerprint density at radius 2 is 1.79 bits per heavy atom. The van der Waals surface area contributed by atoms with Gasteiger partial charge in [-0.1, -0.05) is 6.07 Å². The minimum atomic E-state index is -0.433. The van der Waals surface area contributed by atoms with Gasteiger partial charge < -0.3 is 18.6 Å². The van der Waals surface area contributed by atoms with Crippen molar-refractivity contribution in [3.8, 4) is 17.2 Å². The molecule has 0 spiro atoms. The number of hydrogen-bond acceptors (Lipinski definition) is 8. The largest absolute Gasteiger partial charge is 0.462 e. The van der Waals surface area contributed by atoms with Crippen LogP contribution in [0.3, 0.4) is 0 Å². The molecule has 0 saturated carbocycles. The van der Waals surface area contributed by atoms with Crippen LogP contribution < -0.4 is 14.9 Å². The molecular weight excluding hydrogens is 444 g/mol. The third kappa shape index (κ3) is 5.12. The third-order valence-corrected chi connectivity index (χ3v) is 5.58. The lowest BCUT2D eigenvalue weighted by Crippen LogP contribution is -2.11. The first-order valence-corrected chi connectivity index (χ1v) is 11.1. The van der Waals surface area contributed by atoms with Crippen LogP contribution in [0.2, 0.25) is 0 Å². The number of fused-ring (bicyclic) bond motifs is 1. The summed E-state index contributed by atoms with van der Waals surface area (Å²) in [6.45, 7) is 3.62. The molecule has 0 unspecified atom stereocenters. The van der Waals surface area contributed by atoms with Crippen molar-refractivity contribution in [1.29, 1.82) is 0 Å². The summed E-state index contributed by atoms with van der Waals surface area (Å²) in [5.74, 6) is 0.129. The van der Waals surface area contributed by atoms with Gasteiger partial charge in [0, 0.05) is 10.9 Å². The monoisotopic (exact) mass is 464 g/mol. The molecule has 0 aliphatic rings. The maximum Gasteiger partial charge on any atom is 0.338 e. The summed E-state index contributed by atoms with van der Waals surface area (Å²) in [6.07, 6.45) is 0.167. The van der Waals surface area contributed by atoms with Crippen LogP contribution in [0.1, 0.15) is 27.9 Å². The number of esters is 2. The number of aryl methyl sites for hydroxylation is 1. The highest BCUT2D eigenvalue weighted by Crippen LogP contribution is 2.28. The van der Waals surface area contributed by atoms with E-state index < -0.39 is 11.9 Å². The Kier molecular flexibility index (Phi) is 6.55. The van der Waals surface area contributed by atoms with Gasteiger partial charge in [-0.2, -0.15) is 0 Å². The summed E-state index contributed by atoms with van der Waals surface area (Å²) >= 11 is 1.48. The lowest BCUT2D eigenvalue weighted by Gasteiger charge is -2.10. The maximum absolute atomic E-state index is 13.0. The summed E-state index contributed by atoms with van der Waals surface area (Å²) in [6, 6.07) is 14.6. The Balaban J connectivity index is 1.54. The fourth-order valence-corrected chi connectivity index (χ4v) is 3.85. The zero-order valence-corrected chi connectivity index (χ0v) is 18.8. The van der Waals surface area contributed by atoms with Gasteiger partial charge in [0.15, 0.2) is 0 Å². The summed E-state index contributed by atoms with van der Waals surface area (Å²) in [5.41, 5.74) is 0.302. The topological polar surface area (TPSA) is 92.0 Å². The Morgan fingerprint density at radius 1 is 1.03 bits per heavy atom. The molecule has 0 aliphatic carbocycles. The number of carbonyl (C=O) groups is 2. The fourth-order valence-electron chi connectivity index (χ4n) is 3.16. The average Bonchev–Trinajstić information content (AvgIpc) is 3.30. The van der Waals surface area contributed by atoms with Crippen LogP contribution in [0.4, 0.5) is 0 Å². The van der Waals surface area contributed by atoms with E-state index in [4.69, 9.17) is 18.6 Å². The van der Waals surface area contributed by atoms with Crippen molar-refractivity contribution in [3.05, 3.63) is 86.4 Å². The second kappa shape index (κ2) is 9.70. The molecule has 168 valence electrons. The number of carbonyl (C=O) groups excluding carboxylic acids is 2. The van der Waals surface area contributed by atoms with Gasteiger partial charge in [-0.15, -0.1) is 11.3 Å². The SMILES string of the molecule is CCOC(=O)c1ccc(Oc2c(C)oc3cc(OC(=O)Cc4cccs4)ccc3c2=O)cc1. The molecule has 2 aromatic heterocycles. The number of benzene rings is 2. The van der Waals surface area contributed by atoms with E-state index in [1.165, 1.54) is 23.5 Å². The van der Waals surface area contributed by atoms with E-state index in [1.807, 2.05) is 17.5 Å². The van der Waals surface area contributed by atoms with E-state index >= 15 is 0 Å². The lowest BCUT2D eigenvalue weighted by molar-refractivity contribution is -0.133. The molecular formula is C25H20O7S. The predicted octanol–water partition coefficient (Wildman–Crippen LogP) is 5.28. The Labute approximate surface area is 193 Å². The molecule has 8 heteroatoms. The quantitative estimate of drug-likeness (QED) is 0.271. The molecule has 4 aromatic rings. The van der Waals surface area contributed by atoms with Gasteiger partial charge in [0.25, 0.3) is 0 Å². The second-order valence-electron chi connectivity index (χ2n) is 7.05. The van der Waals surface area contributed by atoms with Gasteiger partial charge in [0.1, 0.15) is 22.8 Å². The highest BCUT2D eigenvalue weighted by Gasteiger charge is 2.16. The minimum absolute atomic E-state index is 0.0359. The van der Waals surface area contributed by atoms with E-state index in [2.05, 4.69) is 0 Å². The van der Waals surface area contributed by atoms with E-state index in [0.29, 0.717) is 11.3 Å². The Bertz CT molecular complexity index is 1350. The van der Waals surface area contributed by atoms with Crippen LogP contribution in [0.15, 0.2) is 69.2 Å². The van der Waals surface area contributed by atoms with Gasteiger partial charge in [0.05, 0.1) is 24.0 Å². The van der Waals surface area contributed by atoms with Gasteiger partial charge in [-0.3, -0.25) is 9.59 Å². The number of hydrogen-bond donors (Lipinski definition) is 0. The summed E-state index contributed by atoms with van der Waals surface area (Å²) in [7, 11) is 0. The van der Waals surface area contributed by atoms with Crippen LogP contribution in [0, 0.1) is 6.92 Å². The highest BCUT2D eigenvalue weighted by atomic mass is 32.1. The van der Waals surface area contributed by atoms with E-state index in [1.54, 1.807) is 44.2 Å². The molecule has 2 heterocycles. The molecule has 4 rings (SSSR count). The minimum Gasteiger partial charge on any atom is -0.462 e. The van der Waals surface area contributed by atoms with Crippen molar-refractivity contribution >= 4 is 34.2 Å². The van der Waals surface area contributed by atoms with Gasteiger partial charge in [0.2, 0.25) is 11.2 Å². The molecule has 0 saturated heterocycles. The molecule has 33 heavy (non-hydrogen) atoms. The van der Waals surface area contributed by atoms with E-state index in [9.17, 15) is 14.4 Å². The summed E-state index contributed by atoms with van der Waals surface area (Å²) in [5, 5.41) is 2.18. The van der Waals surface area contributed by atoms with Crippen molar-refractivity contribution in [2.45, 2.75) is 20.3 Å². The zero-order valence-electron chi connectivity index (χ0n) is 18.0. The third-order valence-electron chi connectivity index (χ3n) is 4.70. The molecule has 0 fully saturated rings. The van der Waals surface area contributed by atoms with Crippen LogP contribution in [0.5, 0.6) is 17.2 Å². The Morgan fingerprint density at radius 3 is 2.48 bits per heavy atom. The van der Waals surface area contributed by atoms with Crippen molar-refractivity contribution in [2.75, 3.05) is 6.61 Å². The van der Waals surface area contributed by atoms with Crippen LogP contribution in [-0.2, 0) is 16.0 Å². The molecule has 0 aliphatic heterocycles. The normalized spacial score (nSPS) is 10.7. The van der Waals surface area contributed by atoms with Crippen molar-refractivity contribution < 1.29 is 28.2 Å². The number of thiophene rings is 1. The maximum atomic E-state index is 13.0. The van der Waals surface area contributed by atoms with Crippen LogP contribution in [0.25, 0.3) is 11.0 Å². The molecule has 0 atom stereocenters. The lowest BCUT2D eigenvalue weighted by atomic mass is 10.2. The first kappa shape index (κ1) is 22.3. The predicted molar refractivity (Wildman–Crippen MR) is 123 cm³/mol. The molecule has 0 amide bonds. The fraction of sp³-hybridized carbons (Fsp3) is 0.160. The first-order valence-electron chi connectivity index (χ1n) is 10.2. The molecule has 0 bridgehead atoms. The number of rotatable bonds is 7. The molecule has 7 nitrogen and oxygen atoms in total. The molecule has 0 radical (unpaired) electrons. The van der Waals surface area contributed by atoms with Crippen LogP contribution >= 0.6 is 11.3 Å². The highest BCUT2D eigenvalue weighted by molar-refractivity contribution is 7.10. The average molecular weight is 464 g/mol. The van der Waals surface area contributed by atoms with Gasteiger partial charge in [-0.05, 0) is 61.7 Å². The molecule has 0 N–H and O–H groups in total. The first-order chi connectivity index (χ1) is 15.9. The Hall–Kier alpha value is -3.91. The van der Waals surface area contributed by atoms with Crippen molar-refractivity contribution in [1.82, 2.24) is 0 Å².